The van der Waals surface area contributed by atoms with Gasteiger partial charge in [-0.25, -0.2) is 0 Å². The molecule has 0 amide bonds. The van der Waals surface area contributed by atoms with E-state index in [-0.39, 0.29) is 24.5 Å². The molecule has 172 valence electrons. The number of methoxy groups -OCH3 is 2. The lowest BCUT2D eigenvalue weighted by atomic mass is 9.94. The fourth-order valence-electron chi connectivity index (χ4n) is 3.63. The van der Waals surface area contributed by atoms with Gasteiger partial charge in [0.2, 0.25) is 5.75 Å². The highest BCUT2D eigenvalue weighted by molar-refractivity contribution is 6.01. The van der Waals surface area contributed by atoms with E-state index in [1.165, 1.54) is 0 Å². The first kappa shape index (κ1) is 23.6. The Morgan fingerprint density at radius 3 is 2.41 bits per heavy atom. The molecule has 0 bridgehead atoms. The van der Waals surface area contributed by atoms with Gasteiger partial charge in [-0.1, -0.05) is 25.1 Å². The van der Waals surface area contributed by atoms with Crippen molar-refractivity contribution in [1.82, 2.24) is 0 Å². The average molecular weight is 441 g/mol. The zero-order valence-corrected chi connectivity index (χ0v) is 19.7. The number of aryl methyl sites for hydroxylation is 1. The largest absolute Gasteiger partial charge is 0.493 e. The number of carbonyl (C=O) groups excluding carboxylic acids is 2. The van der Waals surface area contributed by atoms with E-state index in [2.05, 4.69) is 0 Å². The highest BCUT2D eigenvalue weighted by Crippen LogP contribution is 2.45. The third-order valence-corrected chi connectivity index (χ3v) is 5.85. The van der Waals surface area contributed by atoms with E-state index < -0.39 is 5.41 Å². The minimum atomic E-state index is -0.862. The molecule has 32 heavy (non-hydrogen) atoms. The first-order valence-electron chi connectivity index (χ1n) is 11.0. The van der Waals surface area contributed by atoms with Crippen molar-refractivity contribution in [3.63, 3.8) is 0 Å². The van der Waals surface area contributed by atoms with Crippen molar-refractivity contribution < 1.29 is 28.5 Å². The third kappa shape index (κ3) is 4.74. The molecule has 1 aliphatic rings. The van der Waals surface area contributed by atoms with Gasteiger partial charge in [0.25, 0.3) is 0 Å². The van der Waals surface area contributed by atoms with Crippen molar-refractivity contribution in [3.8, 4) is 28.4 Å². The van der Waals surface area contributed by atoms with Gasteiger partial charge in [-0.3, -0.25) is 9.59 Å². The van der Waals surface area contributed by atoms with Crippen LogP contribution in [0.15, 0.2) is 30.3 Å². The molecule has 0 saturated heterocycles. The molecular weight excluding hydrogens is 408 g/mol. The van der Waals surface area contributed by atoms with E-state index in [9.17, 15) is 9.59 Å². The molecule has 0 fully saturated rings. The Balaban J connectivity index is 1.97. The van der Waals surface area contributed by atoms with Gasteiger partial charge in [0, 0.05) is 17.5 Å². The number of carbonyl (C=O) groups is 2. The van der Waals surface area contributed by atoms with E-state index in [1.54, 1.807) is 28.1 Å². The molecular formula is C26H32O6. The van der Waals surface area contributed by atoms with Crippen LogP contribution in [0.3, 0.4) is 0 Å². The molecule has 2 aromatic carbocycles. The lowest BCUT2D eigenvalue weighted by Crippen LogP contribution is -2.34. The monoisotopic (exact) mass is 440 g/mol. The number of ketones is 1. The van der Waals surface area contributed by atoms with Crippen LogP contribution in [0.25, 0.3) is 11.1 Å². The summed E-state index contributed by atoms with van der Waals surface area (Å²) in [5, 5.41) is 0. The van der Waals surface area contributed by atoms with E-state index in [0.717, 1.165) is 35.1 Å². The van der Waals surface area contributed by atoms with Crippen LogP contribution in [0.4, 0.5) is 0 Å². The fraction of sp³-hybridized carbons (Fsp3) is 0.462. The van der Waals surface area contributed by atoms with Gasteiger partial charge in [0.15, 0.2) is 17.3 Å². The van der Waals surface area contributed by atoms with Gasteiger partial charge >= 0.3 is 5.97 Å². The molecule has 0 aromatic heterocycles. The van der Waals surface area contributed by atoms with Crippen molar-refractivity contribution in [2.45, 2.75) is 53.1 Å². The summed E-state index contributed by atoms with van der Waals surface area (Å²) < 4.78 is 22.8. The second-order valence-corrected chi connectivity index (χ2v) is 8.77. The van der Waals surface area contributed by atoms with Crippen molar-refractivity contribution in [1.29, 1.82) is 0 Å². The summed E-state index contributed by atoms with van der Waals surface area (Å²) in [6, 6.07) is 9.53. The Kier molecular flexibility index (Phi) is 7.12. The molecule has 1 aliphatic carbocycles. The summed E-state index contributed by atoms with van der Waals surface area (Å²) in [6.07, 6.45) is 1.87. The van der Waals surface area contributed by atoms with Crippen molar-refractivity contribution in [2.24, 2.45) is 5.41 Å². The van der Waals surface area contributed by atoms with Crippen molar-refractivity contribution in [2.75, 3.05) is 20.8 Å². The van der Waals surface area contributed by atoms with E-state index in [1.807, 2.05) is 44.2 Å². The van der Waals surface area contributed by atoms with Gasteiger partial charge in [0.1, 0.15) is 6.61 Å². The molecule has 6 nitrogen and oxygen atoms in total. The predicted octanol–water partition coefficient (Wildman–Crippen LogP) is 5.25. The van der Waals surface area contributed by atoms with Gasteiger partial charge in [0.05, 0.1) is 25.7 Å². The molecule has 0 spiro atoms. The van der Waals surface area contributed by atoms with E-state index in [0.29, 0.717) is 23.7 Å². The Morgan fingerprint density at radius 2 is 1.75 bits per heavy atom. The Bertz CT molecular complexity index is 1010. The Labute approximate surface area is 189 Å². The van der Waals surface area contributed by atoms with Gasteiger partial charge < -0.3 is 18.9 Å². The molecule has 2 aromatic rings. The van der Waals surface area contributed by atoms with Crippen molar-refractivity contribution >= 4 is 11.8 Å². The molecule has 0 unspecified atom stereocenters. The molecule has 3 rings (SSSR count). The summed E-state index contributed by atoms with van der Waals surface area (Å²) in [5.41, 5.74) is 2.67. The lowest BCUT2D eigenvalue weighted by Gasteiger charge is -2.26. The minimum Gasteiger partial charge on any atom is -0.493 e. The number of Topliss-reactive ketones (excluding diaryl/α,β-unsaturated/α-hetero) is 1. The van der Waals surface area contributed by atoms with E-state index in [4.69, 9.17) is 18.9 Å². The van der Waals surface area contributed by atoms with Crippen molar-refractivity contribution in [3.05, 3.63) is 41.5 Å². The summed E-state index contributed by atoms with van der Waals surface area (Å²) in [6.45, 7) is 7.54. The first-order valence-corrected chi connectivity index (χ1v) is 11.0. The molecule has 0 aliphatic heterocycles. The average Bonchev–Trinajstić information content (AvgIpc) is 3.16. The predicted molar refractivity (Wildman–Crippen MR) is 123 cm³/mol. The molecule has 0 radical (unpaired) electrons. The van der Waals surface area contributed by atoms with Crippen LogP contribution in [0.1, 0.15) is 56.5 Å². The normalized spacial score (nSPS) is 14.0. The van der Waals surface area contributed by atoms with Gasteiger partial charge in [-0.2, -0.15) is 0 Å². The summed E-state index contributed by atoms with van der Waals surface area (Å²) in [4.78, 5) is 24.7. The number of hydrogen-bond acceptors (Lipinski definition) is 6. The standard InChI is InChI=1S/C26H32O6/c1-7-16(2)32-25(28)26(3,4)15-31-23-20(11-13-22(29-5)24(23)30-6)18-8-10-19-17(14-18)9-12-21(19)27/h8,10-11,13-14,16H,7,9,12,15H2,1-6H3/t16-/m0/s1. The number of rotatable bonds is 9. The molecule has 6 heteroatoms. The Hall–Kier alpha value is -3.02. The van der Waals surface area contributed by atoms with Crippen LogP contribution < -0.4 is 14.2 Å². The topological polar surface area (TPSA) is 71.1 Å². The van der Waals surface area contributed by atoms with Crippen LogP contribution in [0, 0.1) is 5.41 Å². The summed E-state index contributed by atoms with van der Waals surface area (Å²) in [7, 11) is 3.12. The van der Waals surface area contributed by atoms with Crippen LogP contribution in [-0.4, -0.2) is 38.7 Å². The number of ether oxygens (including phenoxy) is 4. The summed E-state index contributed by atoms with van der Waals surface area (Å²) >= 11 is 0. The zero-order chi connectivity index (χ0) is 23.5. The highest BCUT2D eigenvalue weighted by atomic mass is 16.6. The quantitative estimate of drug-likeness (QED) is 0.496. The van der Waals surface area contributed by atoms with Gasteiger partial charge in [-0.05, 0) is 56.9 Å². The number of hydrogen-bond donors (Lipinski definition) is 0. The van der Waals surface area contributed by atoms with Crippen LogP contribution >= 0.6 is 0 Å². The molecule has 0 heterocycles. The molecule has 0 N–H and O–H groups in total. The second-order valence-electron chi connectivity index (χ2n) is 8.77. The second kappa shape index (κ2) is 9.63. The third-order valence-electron chi connectivity index (χ3n) is 5.85. The zero-order valence-electron chi connectivity index (χ0n) is 19.7. The van der Waals surface area contributed by atoms with E-state index >= 15 is 0 Å². The maximum Gasteiger partial charge on any atom is 0.315 e. The maximum atomic E-state index is 12.7. The first-order chi connectivity index (χ1) is 15.2. The Morgan fingerprint density at radius 1 is 1.03 bits per heavy atom. The number of fused-ring (bicyclic) bond motifs is 1. The summed E-state index contributed by atoms with van der Waals surface area (Å²) in [5.74, 6) is 1.33. The maximum absolute atomic E-state index is 12.7. The van der Waals surface area contributed by atoms with Crippen LogP contribution in [0.5, 0.6) is 17.2 Å². The number of benzene rings is 2. The van der Waals surface area contributed by atoms with Crippen LogP contribution in [-0.2, 0) is 16.0 Å². The fourth-order valence-corrected chi connectivity index (χ4v) is 3.63. The molecule has 1 atom stereocenters. The smallest absolute Gasteiger partial charge is 0.315 e. The molecule has 0 saturated carbocycles. The minimum absolute atomic E-state index is 0.0994. The SMILES string of the molecule is CC[C@H](C)OC(=O)C(C)(C)COc1c(-c2ccc3c(c2)CCC3=O)ccc(OC)c1OC. The van der Waals surface area contributed by atoms with Crippen LogP contribution in [0.2, 0.25) is 0 Å². The number of esters is 1. The highest BCUT2D eigenvalue weighted by Gasteiger charge is 2.33. The lowest BCUT2D eigenvalue weighted by molar-refractivity contribution is -0.160. The van der Waals surface area contributed by atoms with Gasteiger partial charge in [-0.15, -0.1) is 0 Å².